The van der Waals surface area contributed by atoms with Gasteiger partial charge in [0, 0.05) is 16.7 Å². The quantitative estimate of drug-likeness (QED) is 0.916. The lowest BCUT2D eigenvalue weighted by atomic mass is 10.2. The molecule has 1 unspecified atom stereocenters. The monoisotopic (exact) mass is 271 g/mol. The standard InChI is InChI=1S/C11H14BrNO2/c1-3-13(8(2)11(14)15)10-6-4-5-9(12)7-10/h4-8H,3H2,1-2H3,(H,14,15). The Labute approximate surface area is 97.8 Å². The van der Waals surface area contributed by atoms with Crippen LogP contribution >= 0.6 is 15.9 Å². The minimum Gasteiger partial charge on any atom is -0.480 e. The second-order valence-corrected chi connectivity index (χ2v) is 4.20. The van der Waals surface area contributed by atoms with E-state index >= 15 is 0 Å². The van der Waals surface area contributed by atoms with Crippen molar-refractivity contribution < 1.29 is 9.90 Å². The number of carboxylic acids is 1. The smallest absolute Gasteiger partial charge is 0.326 e. The zero-order valence-corrected chi connectivity index (χ0v) is 10.4. The van der Waals surface area contributed by atoms with E-state index < -0.39 is 12.0 Å². The summed E-state index contributed by atoms with van der Waals surface area (Å²) in [6, 6.07) is 7.14. The first-order chi connectivity index (χ1) is 7.06. The van der Waals surface area contributed by atoms with Crippen LogP contribution in [0, 0.1) is 0 Å². The molecule has 0 aliphatic heterocycles. The van der Waals surface area contributed by atoms with Crippen molar-refractivity contribution in [2.75, 3.05) is 11.4 Å². The maximum Gasteiger partial charge on any atom is 0.326 e. The van der Waals surface area contributed by atoms with Gasteiger partial charge in [0.25, 0.3) is 0 Å². The average Bonchev–Trinajstić information content (AvgIpc) is 2.18. The number of halogens is 1. The van der Waals surface area contributed by atoms with Crippen LogP contribution in [0.4, 0.5) is 5.69 Å². The van der Waals surface area contributed by atoms with E-state index in [0.717, 1.165) is 10.2 Å². The Morgan fingerprint density at radius 3 is 2.73 bits per heavy atom. The van der Waals surface area contributed by atoms with Crippen molar-refractivity contribution in [2.24, 2.45) is 0 Å². The van der Waals surface area contributed by atoms with E-state index in [0.29, 0.717) is 6.54 Å². The SMILES string of the molecule is CCN(c1cccc(Br)c1)C(C)C(=O)O. The predicted octanol–water partition coefficient (Wildman–Crippen LogP) is 2.75. The maximum absolute atomic E-state index is 10.9. The molecule has 1 N–H and O–H groups in total. The summed E-state index contributed by atoms with van der Waals surface area (Å²) in [6.45, 7) is 4.30. The molecule has 0 aromatic heterocycles. The van der Waals surface area contributed by atoms with Crippen LogP contribution < -0.4 is 4.90 Å². The number of hydrogen-bond donors (Lipinski definition) is 1. The van der Waals surface area contributed by atoms with Gasteiger partial charge in [-0.3, -0.25) is 0 Å². The molecule has 0 aliphatic carbocycles. The normalized spacial score (nSPS) is 12.2. The molecule has 1 atom stereocenters. The van der Waals surface area contributed by atoms with Crippen LogP contribution in [-0.4, -0.2) is 23.7 Å². The van der Waals surface area contributed by atoms with Gasteiger partial charge in [0.15, 0.2) is 0 Å². The fraction of sp³-hybridized carbons (Fsp3) is 0.364. The molecule has 3 nitrogen and oxygen atoms in total. The molecule has 0 spiro atoms. The van der Waals surface area contributed by atoms with E-state index in [2.05, 4.69) is 15.9 Å². The summed E-state index contributed by atoms with van der Waals surface area (Å²) in [5.74, 6) is -0.808. The second kappa shape index (κ2) is 5.16. The number of rotatable bonds is 4. The molecular formula is C11H14BrNO2. The summed E-state index contributed by atoms with van der Waals surface area (Å²) in [5.41, 5.74) is 0.918. The fourth-order valence-electron chi connectivity index (χ4n) is 1.47. The molecule has 0 aliphatic rings. The highest BCUT2D eigenvalue weighted by molar-refractivity contribution is 9.10. The molecule has 0 fully saturated rings. The molecule has 4 heteroatoms. The van der Waals surface area contributed by atoms with Gasteiger partial charge >= 0.3 is 5.97 Å². The van der Waals surface area contributed by atoms with Crippen LogP contribution in [0.2, 0.25) is 0 Å². The third-order valence-corrected chi connectivity index (χ3v) is 2.80. The van der Waals surface area contributed by atoms with Crippen LogP contribution in [0.1, 0.15) is 13.8 Å². The van der Waals surface area contributed by atoms with Crippen LogP contribution in [-0.2, 0) is 4.79 Å². The van der Waals surface area contributed by atoms with Crippen molar-refractivity contribution in [2.45, 2.75) is 19.9 Å². The Balaban J connectivity index is 2.97. The first-order valence-electron chi connectivity index (χ1n) is 4.81. The van der Waals surface area contributed by atoms with E-state index in [4.69, 9.17) is 5.11 Å². The highest BCUT2D eigenvalue weighted by atomic mass is 79.9. The molecule has 1 rings (SSSR count). The van der Waals surface area contributed by atoms with E-state index in [-0.39, 0.29) is 0 Å². The summed E-state index contributed by atoms with van der Waals surface area (Å²) in [4.78, 5) is 12.7. The zero-order chi connectivity index (χ0) is 11.4. The first-order valence-corrected chi connectivity index (χ1v) is 5.60. The number of carboxylic acid groups (broad SMARTS) is 1. The lowest BCUT2D eigenvalue weighted by Gasteiger charge is -2.27. The first kappa shape index (κ1) is 12.0. The van der Waals surface area contributed by atoms with Crippen molar-refractivity contribution in [1.29, 1.82) is 0 Å². The molecule has 0 heterocycles. The number of benzene rings is 1. The van der Waals surface area contributed by atoms with Gasteiger partial charge in [0.2, 0.25) is 0 Å². The number of aliphatic carboxylic acids is 1. The molecule has 1 aromatic carbocycles. The largest absolute Gasteiger partial charge is 0.480 e. The zero-order valence-electron chi connectivity index (χ0n) is 8.77. The third kappa shape index (κ3) is 2.96. The number of anilines is 1. The van der Waals surface area contributed by atoms with E-state index in [1.165, 1.54) is 0 Å². The Hall–Kier alpha value is -1.03. The Bertz CT molecular complexity index is 354. The van der Waals surface area contributed by atoms with E-state index in [9.17, 15) is 4.79 Å². The summed E-state index contributed by atoms with van der Waals surface area (Å²) in [5, 5.41) is 8.96. The average molecular weight is 272 g/mol. The van der Waals surface area contributed by atoms with Gasteiger partial charge in [-0.05, 0) is 32.0 Å². The predicted molar refractivity (Wildman–Crippen MR) is 64.3 cm³/mol. The Morgan fingerprint density at radius 1 is 1.60 bits per heavy atom. The summed E-state index contributed by atoms with van der Waals surface area (Å²) < 4.78 is 0.955. The van der Waals surface area contributed by atoms with Gasteiger partial charge in [0.05, 0.1) is 0 Å². The van der Waals surface area contributed by atoms with Crippen molar-refractivity contribution in [1.82, 2.24) is 0 Å². The molecule has 0 saturated heterocycles. The van der Waals surface area contributed by atoms with Gasteiger partial charge in [0.1, 0.15) is 6.04 Å². The summed E-state index contributed by atoms with van der Waals surface area (Å²) in [7, 11) is 0. The number of hydrogen-bond acceptors (Lipinski definition) is 2. The number of nitrogens with zero attached hydrogens (tertiary/aromatic N) is 1. The topological polar surface area (TPSA) is 40.5 Å². The van der Waals surface area contributed by atoms with Gasteiger partial charge in [-0.2, -0.15) is 0 Å². The van der Waals surface area contributed by atoms with Gasteiger partial charge in [-0.15, -0.1) is 0 Å². The molecule has 0 radical (unpaired) electrons. The highest BCUT2D eigenvalue weighted by Gasteiger charge is 2.19. The van der Waals surface area contributed by atoms with Crippen molar-refractivity contribution in [3.63, 3.8) is 0 Å². The fourth-order valence-corrected chi connectivity index (χ4v) is 1.86. The van der Waals surface area contributed by atoms with Crippen molar-refractivity contribution >= 4 is 27.6 Å². The van der Waals surface area contributed by atoms with Crippen LogP contribution in [0.5, 0.6) is 0 Å². The molecular weight excluding hydrogens is 258 g/mol. The molecule has 0 amide bonds. The van der Waals surface area contributed by atoms with Crippen molar-refractivity contribution in [3.8, 4) is 0 Å². The second-order valence-electron chi connectivity index (χ2n) is 3.28. The summed E-state index contributed by atoms with van der Waals surface area (Å²) >= 11 is 3.37. The van der Waals surface area contributed by atoms with Gasteiger partial charge in [-0.25, -0.2) is 4.79 Å². The molecule has 82 valence electrons. The summed E-state index contributed by atoms with van der Waals surface area (Å²) in [6.07, 6.45) is 0. The molecule has 1 aromatic rings. The minimum absolute atomic E-state index is 0.510. The van der Waals surface area contributed by atoms with Gasteiger partial charge < -0.3 is 10.0 Å². The van der Waals surface area contributed by atoms with Crippen molar-refractivity contribution in [3.05, 3.63) is 28.7 Å². The van der Waals surface area contributed by atoms with E-state index in [1.54, 1.807) is 6.92 Å². The molecule has 0 bridgehead atoms. The number of carbonyl (C=O) groups is 1. The third-order valence-electron chi connectivity index (χ3n) is 2.31. The lowest BCUT2D eigenvalue weighted by Crippen LogP contribution is -2.38. The Morgan fingerprint density at radius 2 is 2.27 bits per heavy atom. The lowest BCUT2D eigenvalue weighted by molar-refractivity contribution is -0.138. The van der Waals surface area contributed by atoms with Crippen LogP contribution in [0.15, 0.2) is 28.7 Å². The van der Waals surface area contributed by atoms with Crippen LogP contribution in [0.25, 0.3) is 0 Å². The van der Waals surface area contributed by atoms with Crippen LogP contribution in [0.3, 0.4) is 0 Å². The molecule has 0 saturated carbocycles. The molecule has 15 heavy (non-hydrogen) atoms. The number of likely N-dealkylation sites (N-methyl/N-ethyl adjacent to an activating group) is 1. The maximum atomic E-state index is 10.9. The minimum atomic E-state index is -0.808. The van der Waals surface area contributed by atoms with E-state index in [1.807, 2.05) is 36.1 Å². The Kier molecular flexibility index (Phi) is 4.15. The van der Waals surface area contributed by atoms with Gasteiger partial charge in [-0.1, -0.05) is 22.0 Å². The highest BCUT2D eigenvalue weighted by Crippen LogP contribution is 2.21.